The largest absolute Gasteiger partial charge is 0.256 e. The van der Waals surface area contributed by atoms with E-state index in [0.29, 0.717) is 0 Å². The Hall–Kier alpha value is -1.37. The summed E-state index contributed by atoms with van der Waals surface area (Å²) in [6.07, 6.45) is 6.14. The number of hydrogen-bond acceptors (Lipinski definition) is 1. The van der Waals surface area contributed by atoms with E-state index in [2.05, 4.69) is 37.0 Å². The van der Waals surface area contributed by atoms with Crippen LogP contribution in [0, 0.1) is 13.8 Å². The minimum atomic E-state index is 0.785. The molecule has 0 radical (unpaired) electrons. The predicted molar refractivity (Wildman–Crippen MR) is 67.8 cm³/mol. The van der Waals surface area contributed by atoms with Gasteiger partial charge >= 0.3 is 0 Å². The highest BCUT2D eigenvalue weighted by atomic mass is 14.7. The number of pyridine rings is 1. The van der Waals surface area contributed by atoms with Crippen molar-refractivity contribution < 1.29 is 0 Å². The lowest BCUT2D eigenvalue weighted by Crippen LogP contribution is -2.11. The molecule has 0 unspecified atom stereocenters. The van der Waals surface area contributed by atoms with Gasteiger partial charge in [-0.2, -0.15) is 0 Å². The Morgan fingerprint density at radius 1 is 1.12 bits per heavy atom. The molecule has 82 valence electrons. The van der Waals surface area contributed by atoms with Crippen molar-refractivity contribution in [3.8, 4) is 0 Å². The highest BCUT2D eigenvalue weighted by molar-refractivity contribution is 5.86. The van der Waals surface area contributed by atoms with Crippen molar-refractivity contribution in [2.75, 3.05) is 0 Å². The zero-order valence-corrected chi connectivity index (χ0v) is 9.96. The van der Waals surface area contributed by atoms with Gasteiger partial charge in [0.15, 0.2) is 0 Å². The second-order valence-corrected chi connectivity index (χ2v) is 4.95. The van der Waals surface area contributed by atoms with Gasteiger partial charge < -0.3 is 0 Å². The van der Waals surface area contributed by atoms with Gasteiger partial charge in [-0.1, -0.05) is 24.6 Å². The molecule has 0 bridgehead atoms. The zero-order valence-electron chi connectivity index (χ0n) is 9.96. The quantitative estimate of drug-likeness (QED) is 0.691. The predicted octanol–water partition coefficient (Wildman–Crippen LogP) is 4.12. The Morgan fingerprint density at radius 2 is 1.94 bits per heavy atom. The van der Waals surface area contributed by atoms with Crippen LogP contribution in [-0.2, 0) is 0 Å². The summed E-state index contributed by atoms with van der Waals surface area (Å²) in [7, 11) is 0. The van der Waals surface area contributed by atoms with Crippen molar-refractivity contribution in [2.24, 2.45) is 0 Å². The molecule has 1 nitrogen and oxygen atoms in total. The van der Waals surface area contributed by atoms with E-state index in [4.69, 9.17) is 0 Å². The third-order valence-electron chi connectivity index (χ3n) is 3.85. The molecule has 0 N–H and O–H groups in total. The maximum atomic E-state index is 4.58. The minimum absolute atomic E-state index is 0.785. The number of para-hydroxylation sites is 1. The second-order valence-electron chi connectivity index (χ2n) is 4.95. The van der Waals surface area contributed by atoms with Crippen LogP contribution >= 0.6 is 0 Å². The molecule has 1 heteroatoms. The number of benzene rings is 1. The normalized spacial score (nSPS) is 16.4. The Balaban J connectivity index is 2.31. The van der Waals surface area contributed by atoms with Crippen LogP contribution in [0.25, 0.3) is 10.9 Å². The molecule has 16 heavy (non-hydrogen) atoms. The zero-order chi connectivity index (χ0) is 11.1. The van der Waals surface area contributed by atoms with Crippen molar-refractivity contribution in [3.05, 3.63) is 41.1 Å². The van der Waals surface area contributed by atoms with Gasteiger partial charge in [-0.3, -0.25) is 4.98 Å². The highest BCUT2D eigenvalue weighted by Crippen LogP contribution is 2.41. The second kappa shape index (κ2) is 3.58. The molecule has 0 atom stereocenters. The number of aryl methyl sites for hydroxylation is 2. The van der Waals surface area contributed by atoms with Crippen molar-refractivity contribution in [1.29, 1.82) is 0 Å². The fourth-order valence-corrected chi connectivity index (χ4v) is 2.73. The van der Waals surface area contributed by atoms with Crippen LogP contribution in [0.15, 0.2) is 24.4 Å². The number of fused-ring (bicyclic) bond motifs is 1. The summed E-state index contributed by atoms with van der Waals surface area (Å²) in [5, 5.41) is 1.38. The van der Waals surface area contributed by atoms with Gasteiger partial charge in [-0.15, -0.1) is 0 Å². The van der Waals surface area contributed by atoms with Crippen LogP contribution in [0.3, 0.4) is 0 Å². The third kappa shape index (κ3) is 1.35. The average molecular weight is 211 g/mol. The summed E-state index contributed by atoms with van der Waals surface area (Å²) >= 11 is 0. The first-order chi connectivity index (χ1) is 7.77. The summed E-state index contributed by atoms with van der Waals surface area (Å²) in [6, 6.07) is 6.53. The van der Waals surface area contributed by atoms with E-state index in [1.807, 2.05) is 6.20 Å². The maximum absolute atomic E-state index is 4.58. The molecule has 1 fully saturated rings. The Morgan fingerprint density at radius 3 is 2.62 bits per heavy atom. The van der Waals surface area contributed by atoms with E-state index >= 15 is 0 Å². The Bertz CT molecular complexity index is 538. The van der Waals surface area contributed by atoms with E-state index in [9.17, 15) is 0 Å². The standard InChI is InChI=1S/C15H17N/c1-10-5-3-8-13-14(12-6-4-7-12)11(2)9-16-15(10)13/h3,5,8-9,12H,4,6-7H2,1-2H3. The SMILES string of the molecule is Cc1cnc2c(C)cccc2c1C1CCC1. The van der Waals surface area contributed by atoms with Crippen LogP contribution in [-0.4, -0.2) is 4.98 Å². The number of hydrogen-bond donors (Lipinski definition) is 0. The first-order valence-corrected chi connectivity index (χ1v) is 6.12. The van der Waals surface area contributed by atoms with E-state index in [0.717, 1.165) is 5.92 Å². The molecule has 3 rings (SSSR count). The third-order valence-corrected chi connectivity index (χ3v) is 3.85. The van der Waals surface area contributed by atoms with E-state index in [1.165, 1.54) is 41.3 Å². The molecular weight excluding hydrogens is 194 g/mol. The topological polar surface area (TPSA) is 12.9 Å². The van der Waals surface area contributed by atoms with Gasteiger partial charge in [-0.25, -0.2) is 0 Å². The molecule has 2 aromatic rings. The summed E-state index contributed by atoms with van der Waals surface area (Å²) in [5.41, 5.74) is 5.40. The molecule has 0 spiro atoms. The van der Waals surface area contributed by atoms with Gasteiger partial charge in [0.25, 0.3) is 0 Å². The molecule has 0 saturated heterocycles. The van der Waals surface area contributed by atoms with Gasteiger partial charge in [0.05, 0.1) is 5.52 Å². The van der Waals surface area contributed by atoms with Crippen molar-refractivity contribution in [1.82, 2.24) is 4.98 Å². The van der Waals surface area contributed by atoms with Crippen molar-refractivity contribution in [2.45, 2.75) is 39.0 Å². The first-order valence-electron chi connectivity index (χ1n) is 6.12. The number of nitrogens with zero attached hydrogens (tertiary/aromatic N) is 1. The lowest BCUT2D eigenvalue weighted by Gasteiger charge is -2.28. The highest BCUT2D eigenvalue weighted by Gasteiger charge is 2.23. The Kier molecular flexibility index (Phi) is 2.20. The van der Waals surface area contributed by atoms with Gasteiger partial charge in [0.2, 0.25) is 0 Å². The van der Waals surface area contributed by atoms with Crippen LogP contribution in [0.2, 0.25) is 0 Å². The molecule has 0 aliphatic heterocycles. The lowest BCUT2D eigenvalue weighted by atomic mass is 9.77. The summed E-state index contributed by atoms with van der Waals surface area (Å²) in [4.78, 5) is 4.58. The van der Waals surface area contributed by atoms with E-state index in [1.54, 1.807) is 5.56 Å². The molecular formula is C15H17N. The fourth-order valence-electron chi connectivity index (χ4n) is 2.73. The molecule has 0 amide bonds. The van der Waals surface area contributed by atoms with Crippen LogP contribution < -0.4 is 0 Å². The van der Waals surface area contributed by atoms with Crippen LogP contribution in [0.1, 0.15) is 41.9 Å². The number of aromatic nitrogens is 1. The molecule has 1 aromatic heterocycles. The van der Waals surface area contributed by atoms with Crippen molar-refractivity contribution in [3.63, 3.8) is 0 Å². The molecule has 1 aliphatic carbocycles. The van der Waals surface area contributed by atoms with Crippen LogP contribution in [0.5, 0.6) is 0 Å². The fraction of sp³-hybridized carbons (Fsp3) is 0.400. The summed E-state index contributed by atoms with van der Waals surface area (Å²) < 4.78 is 0. The monoisotopic (exact) mass is 211 g/mol. The number of rotatable bonds is 1. The summed E-state index contributed by atoms with van der Waals surface area (Å²) in [5.74, 6) is 0.785. The smallest absolute Gasteiger partial charge is 0.0734 e. The van der Waals surface area contributed by atoms with Gasteiger partial charge in [0, 0.05) is 11.6 Å². The Labute approximate surface area is 96.5 Å². The van der Waals surface area contributed by atoms with E-state index < -0.39 is 0 Å². The maximum Gasteiger partial charge on any atom is 0.0734 e. The van der Waals surface area contributed by atoms with Crippen LogP contribution in [0.4, 0.5) is 0 Å². The van der Waals surface area contributed by atoms with E-state index in [-0.39, 0.29) is 0 Å². The average Bonchev–Trinajstić information content (AvgIpc) is 2.20. The minimum Gasteiger partial charge on any atom is -0.256 e. The molecule has 1 aromatic carbocycles. The first kappa shape index (κ1) is 9.83. The molecule has 1 saturated carbocycles. The van der Waals surface area contributed by atoms with Crippen molar-refractivity contribution >= 4 is 10.9 Å². The molecule has 1 heterocycles. The summed E-state index contributed by atoms with van der Waals surface area (Å²) in [6.45, 7) is 4.34. The lowest BCUT2D eigenvalue weighted by molar-refractivity contribution is 0.420. The van der Waals surface area contributed by atoms with Gasteiger partial charge in [0.1, 0.15) is 0 Å². The molecule has 1 aliphatic rings. The van der Waals surface area contributed by atoms with Gasteiger partial charge in [-0.05, 0) is 49.3 Å².